The van der Waals surface area contributed by atoms with E-state index in [-0.39, 0.29) is 17.1 Å². The second kappa shape index (κ2) is 16.2. The van der Waals surface area contributed by atoms with Gasteiger partial charge in [0.1, 0.15) is 35.5 Å². The van der Waals surface area contributed by atoms with Gasteiger partial charge in [0.25, 0.3) is 11.8 Å². The molecule has 53 heavy (non-hydrogen) atoms. The zero-order valence-corrected chi connectivity index (χ0v) is 31.3. The molecule has 0 spiro atoms. The Bertz CT molecular complexity index is 2060. The van der Waals surface area contributed by atoms with Crippen LogP contribution < -0.4 is 10.6 Å². The van der Waals surface area contributed by atoms with E-state index in [1.807, 2.05) is 54.6 Å². The van der Waals surface area contributed by atoms with Gasteiger partial charge in [0, 0.05) is 28.4 Å². The van der Waals surface area contributed by atoms with E-state index in [0.717, 1.165) is 16.7 Å². The number of carbonyl (C=O) groups excluding carboxylic acids is 2. The third kappa shape index (κ3) is 7.40. The number of nitrogens with one attached hydrogen (secondary N) is 2. The number of carboxylic acids is 1. The largest absolute Gasteiger partial charge is 0.477 e. The molecular formula is C37H31N7O5S4. The minimum atomic E-state index is -1.21. The highest BCUT2D eigenvalue weighted by molar-refractivity contribution is 8.18. The van der Waals surface area contributed by atoms with E-state index < -0.39 is 34.7 Å². The van der Waals surface area contributed by atoms with Gasteiger partial charge in [0.2, 0.25) is 0 Å². The van der Waals surface area contributed by atoms with Gasteiger partial charge in [-0.1, -0.05) is 108 Å². The molecule has 12 nitrogen and oxygen atoms in total. The number of β-lactam (4-membered cyclic amide) rings is 1. The first-order valence-corrected chi connectivity index (χ1v) is 20.1. The van der Waals surface area contributed by atoms with Crippen LogP contribution in [-0.2, 0) is 24.8 Å². The second-order valence-corrected chi connectivity index (χ2v) is 15.9. The summed E-state index contributed by atoms with van der Waals surface area (Å²) in [5.74, 6) is -2.06. The number of anilines is 1. The highest BCUT2D eigenvalue weighted by Crippen LogP contribution is 2.45. The monoisotopic (exact) mass is 781 g/mol. The molecule has 1 saturated heterocycles. The van der Waals surface area contributed by atoms with Crippen LogP contribution >= 0.6 is 46.6 Å². The Morgan fingerprint density at radius 3 is 2.11 bits per heavy atom. The van der Waals surface area contributed by atoms with Gasteiger partial charge in [-0.25, -0.2) is 19.7 Å². The van der Waals surface area contributed by atoms with Gasteiger partial charge in [-0.3, -0.25) is 14.5 Å². The zero-order chi connectivity index (χ0) is 36.8. The van der Waals surface area contributed by atoms with Crippen LogP contribution in [0, 0.1) is 0 Å². The molecule has 268 valence electrons. The number of thiazole rings is 1. The van der Waals surface area contributed by atoms with Crippen molar-refractivity contribution >= 4 is 75.2 Å². The molecule has 4 heterocycles. The van der Waals surface area contributed by atoms with E-state index in [0.29, 0.717) is 26.0 Å². The number of amides is 2. The Balaban J connectivity index is 1.11. The van der Waals surface area contributed by atoms with Crippen LogP contribution in [0.1, 0.15) is 22.4 Å². The standard InChI is InChI=1S/C37H31N7O5S4/c1-49-43-28(31(45)41-29-32(46)44-30(34(47)48)27(21-50-33(29)44)52-22-53-35-38-18-11-19-39-35)26-20-51-36(40-26)42-37(23-12-5-2-6-13-23,24-14-7-3-8-15-24)25-16-9-4-10-17-25/h2-20,29,33H,21-22H2,1H3,(H,40,42)(H,41,45)(H,47,48)/b43-28-/t29-,33-/m1/s1. The molecule has 2 atom stereocenters. The summed E-state index contributed by atoms with van der Waals surface area (Å²) in [7, 11) is 1.32. The fourth-order valence-electron chi connectivity index (χ4n) is 6.10. The number of benzene rings is 3. The summed E-state index contributed by atoms with van der Waals surface area (Å²) in [5.41, 5.74) is 2.13. The molecule has 2 amide bonds. The lowest BCUT2D eigenvalue weighted by molar-refractivity contribution is -0.150. The molecule has 16 heteroatoms. The molecule has 7 rings (SSSR count). The number of oxime groups is 1. The van der Waals surface area contributed by atoms with Gasteiger partial charge in [-0.05, 0) is 22.8 Å². The number of thioether (sulfide) groups is 3. The second-order valence-electron chi connectivity index (χ2n) is 11.5. The average molecular weight is 782 g/mol. The molecule has 0 saturated carbocycles. The van der Waals surface area contributed by atoms with Crippen molar-refractivity contribution in [3.8, 4) is 0 Å². The van der Waals surface area contributed by atoms with Crippen LogP contribution in [-0.4, -0.2) is 77.8 Å². The molecule has 0 aliphatic carbocycles. The van der Waals surface area contributed by atoms with Gasteiger partial charge in [-0.2, -0.15) is 0 Å². The Hall–Kier alpha value is -5.16. The summed E-state index contributed by atoms with van der Waals surface area (Å²) >= 11 is 5.38. The third-order valence-corrected chi connectivity index (χ3v) is 12.8. The fourth-order valence-corrected chi connectivity index (χ4v) is 10.4. The van der Waals surface area contributed by atoms with Crippen molar-refractivity contribution in [3.63, 3.8) is 0 Å². The smallest absolute Gasteiger partial charge is 0.353 e. The Kier molecular flexibility index (Phi) is 11.1. The lowest BCUT2D eigenvalue weighted by Gasteiger charge is -2.49. The Labute approximate surface area is 321 Å². The van der Waals surface area contributed by atoms with E-state index in [1.165, 1.54) is 58.6 Å². The van der Waals surface area contributed by atoms with Crippen molar-refractivity contribution in [2.24, 2.45) is 5.16 Å². The molecule has 1 fully saturated rings. The topological polar surface area (TPSA) is 159 Å². The van der Waals surface area contributed by atoms with Gasteiger partial charge in [-0.15, -0.1) is 34.9 Å². The summed E-state index contributed by atoms with van der Waals surface area (Å²) in [4.78, 5) is 59.6. The SMILES string of the molecule is CO/N=C(\C(=O)N[C@@H]1C(=O)N2C(C(=O)O)=C(SCSc3ncccn3)CS[C@H]12)c1csc(NC(c2ccccc2)(c2ccccc2)c2ccccc2)n1. The maximum Gasteiger partial charge on any atom is 0.353 e. The number of nitrogens with zero attached hydrogens (tertiary/aromatic N) is 5. The van der Waals surface area contributed by atoms with Gasteiger partial charge < -0.3 is 20.6 Å². The van der Waals surface area contributed by atoms with E-state index in [1.54, 1.807) is 23.8 Å². The number of hydrogen-bond donors (Lipinski definition) is 3. The quantitative estimate of drug-likeness (QED) is 0.0235. The summed E-state index contributed by atoms with van der Waals surface area (Å²) in [5, 5.41) is 23.2. The minimum absolute atomic E-state index is 0.0800. The molecule has 0 bridgehead atoms. The molecule has 0 unspecified atom stereocenters. The van der Waals surface area contributed by atoms with Gasteiger partial charge in [0.15, 0.2) is 16.0 Å². The minimum Gasteiger partial charge on any atom is -0.477 e. The van der Waals surface area contributed by atoms with Crippen molar-refractivity contribution < 1.29 is 24.3 Å². The highest BCUT2D eigenvalue weighted by Gasteiger charge is 2.54. The lowest BCUT2D eigenvalue weighted by Crippen LogP contribution is -2.71. The van der Waals surface area contributed by atoms with Crippen molar-refractivity contribution in [2.75, 3.05) is 23.3 Å². The van der Waals surface area contributed by atoms with Gasteiger partial charge in [0.05, 0.1) is 5.08 Å². The maximum absolute atomic E-state index is 13.8. The summed E-state index contributed by atoms with van der Waals surface area (Å²) in [6, 6.07) is 30.9. The number of hydrogen-bond acceptors (Lipinski definition) is 13. The maximum atomic E-state index is 13.8. The number of aromatic nitrogens is 3. The first-order chi connectivity index (χ1) is 25.9. The molecule has 0 radical (unpaired) electrons. The highest BCUT2D eigenvalue weighted by atomic mass is 32.2. The molecule has 2 aliphatic heterocycles. The van der Waals surface area contributed by atoms with Crippen LogP contribution in [0.4, 0.5) is 5.13 Å². The van der Waals surface area contributed by atoms with Crippen molar-refractivity contribution in [1.29, 1.82) is 0 Å². The first-order valence-electron chi connectivity index (χ1n) is 16.2. The van der Waals surface area contributed by atoms with E-state index in [2.05, 4.69) is 62.2 Å². The normalized spacial score (nSPS) is 17.1. The Morgan fingerprint density at radius 2 is 1.55 bits per heavy atom. The van der Waals surface area contributed by atoms with Crippen LogP contribution in [0.25, 0.3) is 0 Å². The van der Waals surface area contributed by atoms with Crippen LogP contribution in [0.3, 0.4) is 0 Å². The average Bonchev–Trinajstić information content (AvgIpc) is 3.67. The summed E-state index contributed by atoms with van der Waals surface area (Å²) in [6.45, 7) is 0. The van der Waals surface area contributed by atoms with E-state index >= 15 is 0 Å². The summed E-state index contributed by atoms with van der Waals surface area (Å²) < 4.78 is 0. The first kappa shape index (κ1) is 36.2. The predicted molar refractivity (Wildman–Crippen MR) is 209 cm³/mol. The van der Waals surface area contributed by atoms with Gasteiger partial charge >= 0.3 is 5.97 Å². The molecule has 2 aromatic heterocycles. The van der Waals surface area contributed by atoms with Crippen molar-refractivity contribution in [3.05, 3.63) is 148 Å². The predicted octanol–water partition coefficient (Wildman–Crippen LogP) is 5.87. The van der Waals surface area contributed by atoms with Crippen molar-refractivity contribution in [1.82, 2.24) is 25.2 Å². The fraction of sp³-hybridized carbons (Fsp3) is 0.162. The van der Waals surface area contributed by atoms with Crippen LogP contribution in [0.2, 0.25) is 0 Å². The number of carbonyl (C=O) groups is 3. The molecule has 2 aliphatic rings. The molecule has 3 aromatic carbocycles. The van der Waals surface area contributed by atoms with E-state index in [9.17, 15) is 19.5 Å². The molecule has 3 N–H and O–H groups in total. The van der Waals surface area contributed by atoms with Crippen LogP contribution in [0.5, 0.6) is 0 Å². The number of aliphatic carboxylic acids is 1. The molecular weight excluding hydrogens is 751 g/mol. The summed E-state index contributed by atoms with van der Waals surface area (Å²) in [6.07, 6.45) is 3.27. The zero-order valence-electron chi connectivity index (χ0n) is 28.0. The number of fused-ring (bicyclic) bond motifs is 1. The number of carboxylic acid groups (broad SMARTS) is 1. The lowest BCUT2D eigenvalue weighted by atomic mass is 9.77. The number of rotatable bonds is 14. The van der Waals surface area contributed by atoms with E-state index in [4.69, 9.17) is 9.82 Å². The molecule has 5 aromatic rings. The Morgan fingerprint density at radius 1 is 0.943 bits per heavy atom. The third-order valence-electron chi connectivity index (χ3n) is 8.45. The van der Waals surface area contributed by atoms with Crippen LogP contribution in [0.15, 0.2) is 136 Å². The van der Waals surface area contributed by atoms with Crippen molar-refractivity contribution in [2.45, 2.75) is 22.1 Å².